The van der Waals surface area contributed by atoms with Crippen molar-refractivity contribution in [2.75, 3.05) is 0 Å². The number of fused-ring (bicyclic) bond motifs is 1. The lowest BCUT2D eigenvalue weighted by atomic mass is 10.1. The molecule has 0 fully saturated rings. The van der Waals surface area contributed by atoms with Gasteiger partial charge >= 0.3 is 0 Å². The molecule has 2 aromatic rings. The van der Waals surface area contributed by atoms with Crippen LogP contribution in [0.1, 0.15) is 15.9 Å². The van der Waals surface area contributed by atoms with Crippen molar-refractivity contribution in [3.63, 3.8) is 0 Å². The fraction of sp³-hybridized carbons (Fsp3) is 0.250. The number of carbonyl (C=O) groups excluding carboxylic acids is 1. The number of nitrogens with zero attached hydrogens (tertiary/aromatic N) is 4. The van der Waals surface area contributed by atoms with Gasteiger partial charge in [-0.15, -0.1) is 5.10 Å². The molecule has 0 amide bonds. The topological polar surface area (TPSA) is 60.7 Å². The number of carbonyl (C=O) groups is 1. The Kier molecular flexibility index (Phi) is 1.58. The number of hydrogen-bond acceptors (Lipinski definition) is 4. The summed E-state index contributed by atoms with van der Waals surface area (Å²) < 4.78 is 1.58. The van der Waals surface area contributed by atoms with Crippen LogP contribution in [-0.2, 0) is 7.05 Å². The van der Waals surface area contributed by atoms with E-state index in [1.807, 2.05) is 6.92 Å². The molecule has 0 bridgehead atoms. The first-order valence-electron chi connectivity index (χ1n) is 3.84. The SMILES string of the molecule is Cc1c(C=O)cnc2c1nnn2C. The third-order valence-electron chi connectivity index (χ3n) is 2.04. The summed E-state index contributed by atoms with van der Waals surface area (Å²) in [6.45, 7) is 1.84. The standard InChI is InChI=1S/C8H8N4O/c1-5-6(4-13)3-9-8-7(5)10-11-12(8)2/h3-4H,1-2H3. The first-order chi connectivity index (χ1) is 6.24. The molecule has 0 radical (unpaired) electrons. The summed E-state index contributed by atoms with van der Waals surface area (Å²) in [6.07, 6.45) is 2.31. The molecule has 0 aliphatic carbocycles. The molecule has 0 unspecified atom stereocenters. The molecule has 0 aliphatic heterocycles. The number of aldehydes is 1. The van der Waals surface area contributed by atoms with E-state index in [0.717, 1.165) is 11.8 Å². The number of aromatic nitrogens is 4. The van der Waals surface area contributed by atoms with Crippen LogP contribution in [0.25, 0.3) is 11.2 Å². The van der Waals surface area contributed by atoms with Gasteiger partial charge in [0.05, 0.1) is 0 Å². The van der Waals surface area contributed by atoms with E-state index in [1.165, 1.54) is 6.20 Å². The zero-order chi connectivity index (χ0) is 9.42. The van der Waals surface area contributed by atoms with E-state index in [9.17, 15) is 4.79 Å². The van der Waals surface area contributed by atoms with Crippen LogP contribution >= 0.6 is 0 Å². The van der Waals surface area contributed by atoms with Crippen molar-refractivity contribution in [1.29, 1.82) is 0 Å². The highest BCUT2D eigenvalue weighted by atomic mass is 16.1. The van der Waals surface area contributed by atoms with Gasteiger partial charge in [0, 0.05) is 18.8 Å². The van der Waals surface area contributed by atoms with Crippen LogP contribution in [0.2, 0.25) is 0 Å². The molecule has 66 valence electrons. The van der Waals surface area contributed by atoms with Crippen molar-refractivity contribution in [2.45, 2.75) is 6.92 Å². The van der Waals surface area contributed by atoms with Crippen LogP contribution in [0.15, 0.2) is 6.20 Å². The first kappa shape index (κ1) is 7.85. The summed E-state index contributed by atoms with van der Waals surface area (Å²) in [6, 6.07) is 0. The molecule has 5 heteroatoms. The Hall–Kier alpha value is -1.78. The van der Waals surface area contributed by atoms with Gasteiger partial charge in [-0.3, -0.25) is 4.79 Å². The molecule has 0 aliphatic rings. The third kappa shape index (κ3) is 1.00. The molecule has 0 N–H and O–H groups in total. The first-order valence-corrected chi connectivity index (χ1v) is 3.84. The fourth-order valence-electron chi connectivity index (χ4n) is 1.22. The van der Waals surface area contributed by atoms with Gasteiger partial charge in [0.15, 0.2) is 11.9 Å². The molecule has 0 saturated heterocycles. The summed E-state index contributed by atoms with van der Waals surface area (Å²) in [7, 11) is 1.77. The highest BCUT2D eigenvalue weighted by Gasteiger charge is 2.08. The maximum Gasteiger partial charge on any atom is 0.178 e. The van der Waals surface area contributed by atoms with E-state index in [-0.39, 0.29) is 0 Å². The zero-order valence-corrected chi connectivity index (χ0v) is 7.35. The summed E-state index contributed by atoms with van der Waals surface area (Å²) in [4.78, 5) is 14.7. The highest BCUT2D eigenvalue weighted by molar-refractivity contribution is 5.85. The molecular formula is C8H8N4O. The molecule has 5 nitrogen and oxygen atoms in total. The van der Waals surface area contributed by atoms with E-state index in [0.29, 0.717) is 16.7 Å². The number of rotatable bonds is 1. The molecule has 2 heterocycles. The Balaban J connectivity index is 2.87. The summed E-state index contributed by atoms with van der Waals surface area (Å²) in [5, 5.41) is 7.74. The van der Waals surface area contributed by atoms with E-state index in [2.05, 4.69) is 15.3 Å². The molecule has 2 rings (SSSR count). The molecular weight excluding hydrogens is 168 g/mol. The lowest BCUT2D eigenvalue weighted by Gasteiger charge is -1.97. The van der Waals surface area contributed by atoms with Crippen LogP contribution in [0.3, 0.4) is 0 Å². The van der Waals surface area contributed by atoms with Crippen LogP contribution in [-0.4, -0.2) is 26.3 Å². The van der Waals surface area contributed by atoms with Crippen LogP contribution in [0, 0.1) is 6.92 Å². The minimum atomic E-state index is 0.563. The normalized spacial score (nSPS) is 10.6. The Morgan fingerprint density at radius 3 is 3.00 bits per heavy atom. The van der Waals surface area contributed by atoms with Gasteiger partial charge in [0.2, 0.25) is 0 Å². The largest absolute Gasteiger partial charge is 0.298 e. The zero-order valence-electron chi connectivity index (χ0n) is 7.35. The lowest BCUT2D eigenvalue weighted by Crippen LogP contribution is -1.94. The minimum absolute atomic E-state index is 0.563. The maximum atomic E-state index is 10.6. The lowest BCUT2D eigenvalue weighted by molar-refractivity contribution is 0.112. The van der Waals surface area contributed by atoms with E-state index < -0.39 is 0 Å². The van der Waals surface area contributed by atoms with Gasteiger partial charge in [-0.2, -0.15) is 0 Å². The molecule has 0 atom stereocenters. The van der Waals surface area contributed by atoms with Crippen LogP contribution < -0.4 is 0 Å². The molecule has 0 aromatic carbocycles. The molecule has 0 spiro atoms. The summed E-state index contributed by atoms with van der Waals surface area (Å²) >= 11 is 0. The quantitative estimate of drug-likeness (QED) is 0.593. The third-order valence-corrected chi connectivity index (χ3v) is 2.04. The van der Waals surface area contributed by atoms with Gasteiger partial charge in [-0.1, -0.05) is 5.21 Å². The van der Waals surface area contributed by atoms with E-state index in [1.54, 1.807) is 11.7 Å². The van der Waals surface area contributed by atoms with Crippen molar-refractivity contribution in [1.82, 2.24) is 20.0 Å². The van der Waals surface area contributed by atoms with Gasteiger partial charge in [-0.05, 0) is 12.5 Å². The Labute approximate surface area is 74.4 Å². The number of hydrogen-bond donors (Lipinski definition) is 0. The smallest absolute Gasteiger partial charge is 0.178 e. The van der Waals surface area contributed by atoms with Crippen LogP contribution in [0.5, 0.6) is 0 Å². The van der Waals surface area contributed by atoms with Crippen LogP contribution in [0.4, 0.5) is 0 Å². The Morgan fingerprint density at radius 2 is 2.31 bits per heavy atom. The van der Waals surface area contributed by atoms with Crippen molar-refractivity contribution < 1.29 is 4.79 Å². The van der Waals surface area contributed by atoms with Crippen molar-refractivity contribution in [3.05, 3.63) is 17.3 Å². The predicted molar refractivity (Wildman–Crippen MR) is 46.4 cm³/mol. The monoisotopic (exact) mass is 176 g/mol. The van der Waals surface area contributed by atoms with Gasteiger partial charge in [-0.25, -0.2) is 9.67 Å². The molecule has 0 saturated carbocycles. The van der Waals surface area contributed by atoms with Crippen molar-refractivity contribution >= 4 is 17.5 Å². The Morgan fingerprint density at radius 1 is 1.54 bits per heavy atom. The van der Waals surface area contributed by atoms with Gasteiger partial charge in [0.1, 0.15) is 5.52 Å². The summed E-state index contributed by atoms with van der Waals surface area (Å²) in [5.74, 6) is 0. The Bertz CT molecular complexity index is 474. The number of pyridine rings is 1. The fourth-order valence-corrected chi connectivity index (χ4v) is 1.22. The number of aryl methyl sites for hydroxylation is 2. The average Bonchev–Trinajstić information content (AvgIpc) is 2.50. The van der Waals surface area contributed by atoms with E-state index in [4.69, 9.17) is 0 Å². The molecule has 13 heavy (non-hydrogen) atoms. The van der Waals surface area contributed by atoms with Crippen molar-refractivity contribution in [3.8, 4) is 0 Å². The van der Waals surface area contributed by atoms with E-state index >= 15 is 0 Å². The minimum Gasteiger partial charge on any atom is -0.298 e. The maximum absolute atomic E-state index is 10.6. The molecule has 2 aromatic heterocycles. The predicted octanol–water partition coefficient (Wildman–Crippen LogP) is 0.484. The highest BCUT2D eigenvalue weighted by Crippen LogP contribution is 2.14. The second kappa shape index (κ2) is 2.62. The average molecular weight is 176 g/mol. The van der Waals surface area contributed by atoms with Gasteiger partial charge in [0.25, 0.3) is 0 Å². The second-order valence-electron chi connectivity index (χ2n) is 2.84. The van der Waals surface area contributed by atoms with Crippen molar-refractivity contribution in [2.24, 2.45) is 7.05 Å². The second-order valence-corrected chi connectivity index (χ2v) is 2.84. The van der Waals surface area contributed by atoms with Gasteiger partial charge < -0.3 is 0 Å². The summed E-state index contributed by atoms with van der Waals surface area (Å²) in [5.41, 5.74) is 2.77.